The van der Waals surface area contributed by atoms with E-state index in [-0.39, 0.29) is 89.9 Å². The monoisotopic (exact) mass is 1180 g/mol. The van der Waals surface area contributed by atoms with Crippen LogP contribution in [0.2, 0.25) is 0 Å². The first-order valence-corrected chi connectivity index (χ1v) is 29.1. The summed E-state index contributed by atoms with van der Waals surface area (Å²) in [5.74, 6) is -1.76. The summed E-state index contributed by atoms with van der Waals surface area (Å²) in [6.07, 6.45) is 12.0. The molecule has 4 aliphatic heterocycles. The van der Waals surface area contributed by atoms with Crippen LogP contribution < -0.4 is 50.1 Å². The number of rotatable bonds is 20. The van der Waals surface area contributed by atoms with Gasteiger partial charge in [-0.05, 0) is 109 Å². The van der Waals surface area contributed by atoms with Gasteiger partial charge in [-0.3, -0.25) is 28.8 Å². The van der Waals surface area contributed by atoms with Crippen LogP contribution in [-0.2, 0) is 73.3 Å². The molecule has 0 spiro atoms. The number of hydrogen-bond acceptors (Lipinski definition) is 14. The summed E-state index contributed by atoms with van der Waals surface area (Å²) in [4.78, 5) is 108. The third-order valence-corrected chi connectivity index (χ3v) is 17.2. The average molecular weight is 1180 g/mol. The van der Waals surface area contributed by atoms with Crippen molar-refractivity contribution in [2.45, 2.75) is 126 Å². The molecule has 4 aromatic carbocycles. The summed E-state index contributed by atoms with van der Waals surface area (Å²) in [6, 6.07) is 30.4. The Morgan fingerprint density at radius 3 is 1.26 bits per heavy atom. The summed E-state index contributed by atoms with van der Waals surface area (Å²) < 4.78 is 18.2. The number of fused-ring (bicyclic) bond motifs is 6. The summed E-state index contributed by atoms with van der Waals surface area (Å²) >= 11 is 0. The number of hydrogen-bond donors (Lipinski definition) is 3. The second kappa shape index (κ2) is 30.3. The number of aryl methyl sites for hydroxylation is 4. The zero-order chi connectivity index (χ0) is 60.3. The molecule has 2 saturated carbocycles. The first-order chi connectivity index (χ1) is 41.1. The van der Waals surface area contributed by atoms with Crippen molar-refractivity contribution in [1.29, 1.82) is 0 Å². The van der Waals surface area contributed by atoms with Gasteiger partial charge >= 0.3 is 30.8 Å². The van der Waals surface area contributed by atoms with Gasteiger partial charge < -0.3 is 45.2 Å². The van der Waals surface area contributed by atoms with Gasteiger partial charge in [0.05, 0.1) is 44.8 Å². The van der Waals surface area contributed by atoms with Gasteiger partial charge in [-0.2, -0.15) is 10.2 Å². The quantitative estimate of drug-likeness (QED) is 0.0732. The van der Waals surface area contributed by atoms with E-state index < -0.39 is 42.0 Å². The van der Waals surface area contributed by atoms with Gasteiger partial charge in [0, 0.05) is 51.9 Å². The van der Waals surface area contributed by atoms with Crippen molar-refractivity contribution in [3.8, 4) is 33.8 Å². The Hall–Kier alpha value is -8.38. The first kappa shape index (κ1) is 66.1. The van der Waals surface area contributed by atoms with E-state index in [1.165, 1.54) is 43.1 Å². The van der Waals surface area contributed by atoms with Gasteiger partial charge in [-0.1, -0.05) is 109 Å². The molecule has 6 aromatic rings. The summed E-state index contributed by atoms with van der Waals surface area (Å²) in [5, 5.41) is 23.7. The molecule has 4 saturated heterocycles. The number of piperidine rings is 4. The number of benzene rings is 4. The van der Waals surface area contributed by atoms with E-state index >= 15 is 0 Å². The average Bonchev–Trinajstić information content (AvgIpc) is 2.82. The molecule has 2 aromatic heterocycles. The maximum Gasteiger partial charge on any atom is 1.00 e. The molecule has 0 unspecified atom stereocenters. The molecular formula is C65H75LiN8O13. The molecule has 4 amide bonds. The Bertz CT molecular complexity index is 3480. The predicted octanol–water partition coefficient (Wildman–Crippen LogP) is 2.86. The molecule has 6 fully saturated rings. The molecule has 6 aliphatic rings. The van der Waals surface area contributed by atoms with Crippen LogP contribution in [-0.4, -0.2) is 133 Å². The number of nitrogens with zero attached hydrogens (tertiary/aromatic N) is 6. The number of aromatic nitrogens is 4. The third-order valence-electron chi connectivity index (χ3n) is 17.2. The van der Waals surface area contributed by atoms with Crippen LogP contribution in [0.1, 0.15) is 86.5 Å². The van der Waals surface area contributed by atoms with Crippen molar-refractivity contribution in [3.63, 3.8) is 0 Å². The summed E-state index contributed by atoms with van der Waals surface area (Å²) in [6.45, 7) is 0. The minimum absolute atomic E-state index is 0. The van der Waals surface area contributed by atoms with E-state index in [1.807, 2.05) is 60.7 Å². The van der Waals surface area contributed by atoms with E-state index in [1.54, 1.807) is 72.4 Å². The van der Waals surface area contributed by atoms with E-state index in [0.717, 1.165) is 68.1 Å². The molecule has 22 heteroatoms. The number of amides is 4. The zero-order valence-electron chi connectivity index (χ0n) is 50.1. The van der Waals surface area contributed by atoms with E-state index in [2.05, 4.69) is 20.8 Å². The molecular weight excluding hydrogens is 1110 g/mol. The number of carboxylic acid groups (broad SMARTS) is 1. The fourth-order valence-corrected chi connectivity index (χ4v) is 12.8. The standard InChI is InChI=1S/C33H38N4O6.C32H36N4O6.Li.H2O/c1-36-32(40)29(27(42-2)20-34-36)23-12-9-22(10-13-23)19-26(33(41)43-3)35-31(39)30-24-14-16-25(17-15-24)37(30)28(38)18-11-21-7-5-4-6-8-21;1-35-31(39)28(26(42-2)19-33-35)22-11-8-21(9-12-22)18-25(32(40)41)34-30(38)29-23-13-15-24(16-14-23)36(29)27(37)17-10-20-6-4-3-5-7-20;;/h4-10,12-13,20,24-26,30H,11,14-19H2,1-3H3,(H,35,39);3-9,11-12,19,23-25,29H,10,13-18H2,1-2H3,(H,34,38)(H,40,41);;1H2/q;;+1;/p-1/t24?,25?,26-,30-;23?,24?,25-,29-;;/m00../s1. The first-order valence-electron chi connectivity index (χ1n) is 29.1. The fourth-order valence-electron chi connectivity index (χ4n) is 12.8. The maximum atomic E-state index is 13.8. The largest absolute Gasteiger partial charge is 1.00 e. The maximum absolute atomic E-state index is 13.8. The van der Waals surface area contributed by atoms with Crippen LogP contribution in [0, 0.1) is 11.8 Å². The molecule has 4 N–H and O–H groups in total. The smallest absolute Gasteiger partial charge is 0.870 e. The molecule has 0 radical (unpaired) electrons. The van der Waals surface area contributed by atoms with Gasteiger partial charge in [0.1, 0.15) is 24.2 Å². The number of carbonyl (C=O) groups is 6. The van der Waals surface area contributed by atoms with Crippen molar-refractivity contribution >= 4 is 35.6 Å². The number of nitrogens with one attached hydrogen (secondary N) is 2. The van der Waals surface area contributed by atoms with Crippen molar-refractivity contribution in [2.24, 2.45) is 25.9 Å². The Kier molecular flexibility index (Phi) is 23.0. The van der Waals surface area contributed by atoms with Gasteiger partial charge in [-0.15, -0.1) is 0 Å². The van der Waals surface area contributed by atoms with Gasteiger partial charge in [0.2, 0.25) is 23.6 Å². The van der Waals surface area contributed by atoms with Crippen LogP contribution >= 0.6 is 0 Å². The zero-order valence-corrected chi connectivity index (χ0v) is 50.1. The van der Waals surface area contributed by atoms with Crippen molar-refractivity contribution < 1.29 is 72.4 Å². The van der Waals surface area contributed by atoms with Crippen molar-refractivity contribution in [3.05, 3.63) is 165 Å². The number of carbonyl (C=O) groups excluding carboxylic acids is 5. The molecule has 2 aliphatic carbocycles. The second-order valence-corrected chi connectivity index (χ2v) is 22.4. The number of methoxy groups -OCH3 is 3. The third kappa shape index (κ3) is 15.4. The van der Waals surface area contributed by atoms with Crippen LogP contribution in [0.5, 0.6) is 11.5 Å². The van der Waals surface area contributed by atoms with Crippen LogP contribution in [0.25, 0.3) is 22.3 Å². The van der Waals surface area contributed by atoms with Crippen LogP contribution in [0.3, 0.4) is 0 Å². The van der Waals surface area contributed by atoms with Crippen molar-refractivity contribution in [2.75, 3.05) is 21.3 Å². The normalized spacial score (nSPS) is 19.6. The Balaban J connectivity index is 0.000000243. The molecule has 21 nitrogen and oxygen atoms in total. The topological polar surface area (TPSA) is 281 Å². The molecule has 87 heavy (non-hydrogen) atoms. The Labute approximate surface area is 517 Å². The van der Waals surface area contributed by atoms with Gasteiger partial charge in [-0.25, -0.2) is 19.0 Å². The minimum atomic E-state index is -1.17. The Morgan fingerprint density at radius 2 is 0.908 bits per heavy atom. The van der Waals surface area contributed by atoms with E-state index in [9.17, 15) is 43.5 Å². The van der Waals surface area contributed by atoms with E-state index in [4.69, 9.17) is 14.2 Å². The summed E-state index contributed by atoms with van der Waals surface area (Å²) in [7, 11) is 7.35. The van der Waals surface area contributed by atoms with Crippen LogP contribution in [0.15, 0.2) is 131 Å². The number of esters is 1. The summed E-state index contributed by atoms with van der Waals surface area (Å²) in [5.41, 5.74) is 4.97. The molecule has 12 rings (SSSR count). The Morgan fingerprint density at radius 1 is 0.540 bits per heavy atom. The minimum Gasteiger partial charge on any atom is -0.870 e. The van der Waals surface area contributed by atoms with Crippen LogP contribution in [0.4, 0.5) is 0 Å². The predicted molar refractivity (Wildman–Crippen MR) is 318 cm³/mol. The molecule has 454 valence electrons. The molecule has 4 atom stereocenters. The second-order valence-electron chi connectivity index (χ2n) is 22.4. The number of carboxylic acids is 1. The number of ether oxygens (including phenoxy) is 3. The van der Waals surface area contributed by atoms with E-state index in [0.29, 0.717) is 65.0 Å². The van der Waals surface area contributed by atoms with Gasteiger partial charge in [0.15, 0.2) is 11.5 Å². The van der Waals surface area contributed by atoms with Crippen molar-refractivity contribution in [1.82, 2.24) is 40.0 Å². The SMILES string of the molecule is COC(=O)[C@H](Cc1ccc(-c2c(OC)cnn(C)c2=O)cc1)NC(=O)[C@@H]1C2CCC(CC2)N1C(=O)CCc1ccccc1.COc1cnn(C)c(=O)c1-c1ccc(C[C@H](NC(=O)[C@@H]2C3CCC(CC3)N2C(=O)CCc2ccccc2)C(=O)O)cc1.[Li+].[OH-]. The van der Waals surface area contributed by atoms with Gasteiger partial charge in [0.25, 0.3) is 11.1 Å². The fraction of sp³-hybridized carbons (Fsp3) is 0.415. The number of aliphatic carboxylic acids is 1. The molecule has 4 bridgehead atoms. The molecule has 6 heterocycles.